The maximum Gasteiger partial charge on any atom is 0.270 e. The van der Waals surface area contributed by atoms with E-state index in [4.69, 9.17) is 17.0 Å². The van der Waals surface area contributed by atoms with Crippen molar-refractivity contribution in [3.63, 3.8) is 0 Å². The standard InChI is InChI=1S/C23H28N4O3S2/c1-6-8-26-20(25-12-14(3)30-15(4)13-25)17(16(5)18(11-24)21(26)28)10-19-22(29)27(9-7-2)23(31)32-19/h7,10,14-15H,2,6,8-9,12-13H2,1,3-5H3/b19-10-. The van der Waals surface area contributed by atoms with Gasteiger partial charge in [0.05, 0.1) is 17.1 Å². The van der Waals surface area contributed by atoms with Crippen LogP contribution in [0.1, 0.15) is 43.9 Å². The Balaban J connectivity index is 2.27. The topological polar surface area (TPSA) is 78.6 Å². The molecule has 7 nitrogen and oxygen atoms in total. The van der Waals surface area contributed by atoms with Crippen molar-refractivity contribution in [2.24, 2.45) is 0 Å². The molecule has 0 aliphatic carbocycles. The van der Waals surface area contributed by atoms with Gasteiger partial charge in [0.2, 0.25) is 0 Å². The fraction of sp³-hybridized carbons (Fsp3) is 0.478. The third-order valence-corrected chi connectivity index (χ3v) is 6.85. The summed E-state index contributed by atoms with van der Waals surface area (Å²) >= 11 is 6.61. The minimum atomic E-state index is -0.301. The van der Waals surface area contributed by atoms with Gasteiger partial charge >= 0.3 is 0 Å². The van der Waals surface area contributed by atoms with Crippen LogP contribution in [-0.2, 0) is 16.1 Å². The number of thiocarbonyl (C=S) groups is 1. The van der Waals surface area contributed by atoms with E-state index < -0.39 is 0 Å². The van der Waals surface area contributed by atoms with Crippen molar-refractivity contribution in [3.8, 4) is 6.07 Å². The third-order valence-electron chi connectivity index (χ3n) is 5.47. The minimum Gasteiger partial charge on any atom is -0.372 e. The highest BCUT2D eigenvalue weighted by molar-refractivity contribution is 8.26. The number of ether oxygens (including phenoxy) is 1. The fourth-order valence-electron chi connectivity index (χ4n) is 4.18. The molecule has 9 heteroatoms. The Morgan fingerprint density at radius 1 is 1.31 bits per heavy atom. The molecule has 0 radical (unpaired) electrons. The van der Waals surface area contributed by atoms with Crippen molar-refractivity contribution in [3.05, 3.63) is 44.6 Å². The lowest BCUT2D eigenvalue weighted by atomic mass is 10.0. The molecule has 1 aromatic rings. The van der Waals surface area contributed by atoms with Gasteiger partial charge in [0.15, 0.2) is 0 Å². The van der Waals surface area contributed by atoms with Crippen LogP contribution in [0.25, 0.3) is 6.08 Å². The number of thioether (sulfide) groups is 1. The highest BCUT2D eigenvalue weighted by Crippen LogP contribution is 2.36. The van der Waals surface area contributed by atoms with Crippen LogP contribution in [0.3, 0.4) is 0 Å². The SMILES string of the molecule is C=CCN1C(=O)/C(=C/c2c(C)c(C#N)c(=O)n(CCC)c2N2CC(C)OC(C)C2)SC1=S. The average molecular weight is 473 g/mol. The van der Waals surface area contributed by atoms with Gasteiger partial charge in [0.1, 0.15) is 21.8 Å². The molecule has 2 fully saturated rings. The summed E-state index contributed by atoms with van der Waals surface area (Å²) in [6.07, 6.45) is 4.12. The summed E-state index contributed by atoms with van der Waals surface area (Å²) in [5.74, 6) is 0.532. The van der Waals surface area contributed by atoms with Crippen molar-refractivity contribution in [2.45, 2.75) is 52.9 Å². The van der Waals surface area contributed by atoms with Gasteiger partial charge in [-0.15, -0.1) is 6.58 Å². The van der Waals surface area contributed by atoms with Crippen molar-refractivity contribution in [2.75, 3.05) is 24.5 Å². The second-order valence-corrected chi connectivity index (χ2v) is 9.72. The number of amides is 1. The second-order valence-electron chi connectivity index (χ2n) is 8.05. The molecule has 0 spiro atoms. The second kappa shape index (κ2) is 10.0. The molecular weight excluding hydrogens is 444 g/mol. The number of anilines is 1. The molecule has 32 heavy (non-hydrogen) atoms. The summed E-state index contributed by atoms with van der Waals surface area (Å²) in [6.45, 7) is 13.5. The van der Waals surface area contributed by atoms with Crippen LogP contribution in [-0.4, -0.2) is 51.5 Å². The molecule has 0 N–H and O–H groups in total. The first-order chi connectivity index (χ1) is 15.2. The predicted octanol–water partition coefficient (Wildman–Crippen LogP) is 3.44. The molecule has 1 amide bonds. The van der Waals surface area contributed by atoms with Crippen molar-refractivity contribution in [1.82, 2.24) is 9.47 Å². The van der Waals surface area contributed by atoms with Crippen molar-refractivity contribution < 1.29 is 9.53 Å². The number of pyridine rings is 1. The first-order valence-corrected chi connectivity index (χ1v) is 11.9. The molecule has 2 unspecified atom stereocenters. The Bertz CT molecular complexity index is 1080. The molecule has 2 aliphatic heterocycles. The Morgan fingerprint density at radius 2 is 1.97 bits per heavy atom. The lowest BCUT2D eigenvalue weighted by Crippen LogP contribution is -2.48. The molecule has 2 atom stereocenters. The van der Waals surface area contributed by atoms with Gasteiger partial charge in [-0.1, -0.05) is 37.0 Å². The van der Waals surface area contributed by atoms with Crippen LogP contribution in [0.4, 0.5) is 5.82 Å². The number of morpholine rings is 1. The summed E-state index contributed by atoms with van der Waals surface area (Å²) in [5, 5.41) is 9.74. The molecule has 1 aromatic heterocycles. The van der Waals surface area contributed by atoms with E-state index in [-0.39, 0.29) is 29.2 Å². The number of hydrogen-bond acceptors (Lipinski definition) is 7. The van der Waals surface area contributed by atoms with Crippen LogP contribution in [0.15, 0.2) is 22.4 Å². The van der Waals surface area contributed by atoms with E-state index in [0.29, 0.717) is 46.5 Å². The summed E-state index contributed by atoms with van der Waals surface area (Å²) < 4.78 is 8.04. The van der Waals surface area contributed by atoms with Gasteiger partial charge in [-0.05, 0) is 38.8 Å². The number of nitriles is 1. The van der Waals surface area contributed by atoms with Crippen molar-refractivity contribution >= 4 is 46.1 Å². The minimum absolute atomic E-state index is 0.0153. The van der Waals surface area contributed by atoms with E-state index >= 15 is 0 Å². The monoisotopic (exact) mass is 472 g/mol. The molecular formula is C23H28N4O3S2. The van der Waals surface area contributed by atoms with Gasteiger partial charge in [0, 0.05) is 31.7 Å². The predicted molar refractivity (Wildman–Crippen MR) is 133 cm³/mol. The first kappa shape index (κ1) is 24.2. The lowest BCUT2D eigenvalue weighted by Gasteiger charge is -2.39. The van der Waals surface area contributed by atoms with E-state index in [9.17, 15) is 14.9 Å². The quantitative estimate of drug-likeness (QED) is 0.356. The molecule has 3 rings (SSSR count). The maximum atomic E-state index is 13.2. The number of hydrogen-bond donors (Lipinski definition) is 0. The zero-order valence-corrected chi connectivity index (χ0v) is 20.5. The van der Waals surface area contributed by atoms with Crippen LogP contribution >= 0.6 is 24.0 Å². The van der Waals surface area contributed by atoms with E-state index in [1.807, 2.05) is 20.8 Å². The molecule has 2 aliphatic rings. The van der Waals surface area contributed by atoms with E-state index in [1.165, 1.54) is 16.7 Å². The Hall–Kier alpha value is -2.41. The van der Waals surface area contributed by atoms with Gasteiger partial charge < -0.3 is 9.64 Å². The van der Waals surface area contributed by atoms with E-state index in [0.717, 1.165) is 12.2 Å². The average Bonchev–Trinajstić information content (AvgIpc) is 2.99. The van der Waals surface area contributed by atoms with Gasteiger partial charge in [0.25, 0.3) is 11.5 Å². The van der Waals surface area contributed by atoms with Crippen LogP contribution in [0, 0.1) is 18.3 Å². The highest BCUT2D eigenvalue weighted by atomic mass is 32.2. The number of carbonyl (C=O) groups excluding carboxylic acids is 1. The summed E-state index contributed by atoms with van der Waals surface area (Å²) in [6, 6.07) is 2.08. The summed E-state index contributed by atoms with van der Waals surface area (Å²) in [5.41, 5.74) is 1.07. The fourth-order valence-corrected chi connectivity index (χ4v) is 5.44. The largest absolute Gasteiger partial charge is 0.372 e. The third kappa shape index (κ3) is 4.53. The Morgan fingerprint density at radius 3 is 2.53 bits per heavy atom. The van der Waals surface area contributed by atoms with Gasteiger partial charge in [-0.2, -0.15) is 5.26 Å². The molecule has 170 valence electrons. The zero-order valence-electron chi connectivity index (χ0n) is 18.9. The maximum absolute atomic E-state index is 13.2. The van der Waals surface area contributed by atoms with Gasteiger partial charge in [-0.3, -0.25) is 19.1 Å². The smallest absolute Gasteiger partial charge is 0.270 e. The number of aromatic nitrogens is 1. The highest BCUT2D eigenvalue weighted by Gasteiger charge is 2.33. The molecule has 2 saturated heterocycles. The number of carbonyl (C=O) groups is 1. The molecule has 0 aromatic carbocycles. The summed E-state index contributed by atoms with van der Waals surface area (Å²) in [4.78, 5) is 30.3. The van der Waals surface area contributed by atoms with Crippen LogP contribution < -0.4 is 10.5 Å². The Kier molecular flexibility index (Phi) is 7.59. The van der Waals surface area contributed by atoms with E-state index in [2.05, 4.69) is 17.5 Å². The molecule has 0 bridgehead atoms. The van der Waals surface area contributed by atoms with Crippen LogP contribution in [0.5, 0.6) is 0 Å². The normalized spacial score (nSPS) is 22.5. The number of nitrogens with zero attached hydrogens (tertiary/aromatic N) is 4. The molecule has 3 heterocycles. The van der Waals surface area contributed by atoms with Crippen LogP contribution in [0.2, 0.25) is 0 Å². The lowest BCUT2D eigenvalue weighted by molar-refractivity contribution is -0.121. The number of rotatable bonds is 6. The summed E-state index contributed by atoms with van der Waals surface area (Å²) in [7, 11) is 0. The Labute approximate surface area is 198 Å². The molecule has 0 saturated carbocycles. The van der Waals surface area contributed by atoms with E-state index in [1.54, 1.807) is 23.6 Å². The first-order valence-electron chi connectivity index (χ1n) is 10.7. The zero-order chi connectivity index (χ0) is 23.6. The van der Waals surface area contributed by atoms with Gasteiger partial charge in [-0.25, -0.2) is 0 Å². The van der Waals surface area contributed by atoms with Crippen molar-refractivity contribution in [1.29, 1.82) is 5.26 Å².